The molecule has 0 saturated carbocycles. The van der Waals surface area contributed by atoms with Crippen LogP contribution in [0.15, 0.2) is 54.6 Å². The van der Waals surface area contributed by atoms with E-state index in [1.54, 1.807) is 55.6 Å². The first-order valence-electron chi connectivity index (χ1n) is 11.3. The number of benzene rings is 3. The molecule has 0 spiro atoms. The highest BCUT2D eigenvalue weighted by Crippen LogP contribution is 2.56. The van der Waals surface area contributed by atoms with Crippen molar-refractivity contribution in [1.29, 1.82) is 0 Å². The Morgan fingerprint density at radius 2 is 1.67 bits per heavy atom. The standard InChI is InChI=1S/C27H26O9/c1-31-13-34-21-12-16(32-2)6-8-18(21)24-19-11-15(28)5-7-17(19)23(25(24)26(29)30)14-4-9-20-22(10-14)36-27(33-3)35-20/h4-12,23-25,27-28H,13H2,1-3H3,(H,29,30). The minimum absolute atomic E-state index is 0.0240. The molecule has 9 heteroatoms. The molecule has 1 aliphatic heterocycles. The lowest BCUT2D eigenvalue weighted by molar-refractivity contribution is -0.157. The Kier molecular flexibility index (Phi) is 6.34. The lowest BCUT2D eigenvalue weighted by Crippen LogP contribution is -2.24. The third kappa shape index (κ3) is 4.06. The number of rotatable bonds is 8. The quantitative estimate of drug-likeness (QED) is 0.448. The second kappa shape index (κ2) is 9.60. The average molecular weight is 494 g/mol. The predicted octanol–water partition coefficient (Wildman–Crippen LogP) is 4.06. The molecule has 188 valence electrons. The van der Waals surface area contributed by atoms with Crippen molar-refractivity contribution >= 4 is 5.97 Å². The number of ether oxygens (including phenoxy) is 6. The first-order valence-corrected chi connectivity index (χ1v) is 11.3. The number of carboxylic acids is 1. The number of hydrogen-bond donors (Lipinski definition) is 2. The van der Waals surface area contributed by atoms with Gasteiger partial charge in [0.25, 0.3) is 0 Å². The number of aliphatic carboxylic acids is 1. The summed E-state index contributed by atoms with van der Waals surface area (Å²) in [5.74, 6) is -1.00. The van der Waals surface area contributed by atoms with Crippen LogP contribution in [0.2, 0.25) is 0 Å². The molecule has 1 heterocycles. The van der Waals surface area contributed by atoms with Gasteiger partial charge in [0.2, 0.25) is 0 Å². The fourth-order valence-electron chi connectivity index (χ4n) is 5.11. The summed E-state index contributed by atoms with van der Waals surface area (Å²) in [5.41, 5.74) is 2.88. The van der Waals surface area contributed by atoms with Crippen molar-refractivity contribution in [2.75, 3.05) is 28.1 Å². The Labute approximate surface area is 207 Å². The Morgan fingerprint density at radius 3 is 2.39 bits per heavy atom. The molecule has 36 heavy (non-hydrogen) atoms. The number of phenols is 1. The molecular formula is C27H26O9. The van der Waals surface area contributed by atoms with E-state index >= 15 is 0 Å². The van der Waals surface area contributed by atoms with Gasteiger partial charge in [0.15, 0.2) is 18.3 Å². The SMILES string of the molecule is COCOc1cc(OC)ccc1C1c2cc(O)ccc2C(c2ccc3c(c2)OC(OC)O3)C1C(=O)O. The Balaban J connectivity index is 1.66. The summed E-state index contributed by atoms with van der Waals surface area (Å²) in [5, 5.41) is 20.9. The first-order chi connectivity index (χ1) is 17.4. The number of methoxy groups -OCH3 is 3. The molecule has 4 atom stereocenters. The van der Waals surface area contributed by atoms with E-state index < -0.39 is 30.2 Å². The fourth-order valence-corrected chi connectivity index (χ4v) is 5.11. The third-order valence-corrected chi connectivity index (χ3v) is 6.60. The third-order valence-electron chi connectivity index (χ3n) is 6.60. The van der Waals surface area contributed by atoms with Gasteiger partial charge in [-0.2, -0.15) is 0 Å². The van der Waals surface area contributed by atoms with E-state index in [1.807, 2.05) is 6.07 Å². The van der Waals surface area contributed by atoms with E-state index in [0.717, 1.165) is 11.1 Å². The summed E-state index contributed by atoms with van der Waals surface area (Å²) >= 11 is 0. The maximum Gasteiger partial charge on any atom is 0.360 e. The molecule has 5 rings (SSSR count). The van der Waals surface area contributed by atoms with Gasteiger partial charge >= 0.3 is 12.4 Å². The Hall–Kier alpha value is -3.95. The minimum Gasteiger partial charge on any atom is -0.508 e. The molecule has 1 aliphatic carbocycles. The van der Waals surface area contributed by atoms with Crippen molar-refractivity contribution in [3.05, 3.63) is 76.9 Å². The summed E-state index contributed by atoms with van der Waals surface area (Å²) in [6, 6.07) is 15.6. The predicted molar refractivity (Wildman–Crippen MR) is 127 cm³/mol. The number of phenolic OH excluding ortho intramolecular Hbond substituents is 1. The summed E-state index contributed by atoms with van der Waals surface area (Å²) in [7, 11) is 4.52. The highest BCUT2D eigenvalue weighted by molar-refractivity contribution is 5.78. The molecule has 0 fully saturated rings. The number of hydrogen-bond acceptors (Lipinski definition) is 8. The minimum atomic E-state index is -0.985. The summed E-state index contributed by atoms with van der Waals surface area (Å²) in [4.78, 5) is 12.9. The summed E-state index contributed by atoms with van der Waals surface area (Å²) < 4.78 is 32.7. The maximum absolute atomic E-state index is 12.9. The van der Waals surface area contributed by atoms with Crippen LogP contribution in [0, 0.1) is 5.92 Å². The van der Waals surface area contributed by atoms with Gasteiger partial charge in [-0.25, -0.2) is 0 Å². The maximum atomic E-state index is 12.9. The number of fused-ring (bicyclic) bond motifs is 2. The molecule has 4 unspecified atom stereocenters. The fraction of sp³-hybridized carbons (Fsp3) is 0.296. The van der Waals surface area contributed by atoms with Crippen LogP contribution in [-0.4, -0.2) is 50.8 Å². The van der Waals surface area contributed by atoms with E-state index in [-0.39, 0.29) is 12.5 Å². The Bertz CT molecular complexity index is 1290. The smallest absolute Gasteiger partial charge is 0.360 e. The monoisotopic (exact) mass is 494 g/mol. The molecule has 0 aromatic heterocycles. The molecule has 3 aromatic rings. The summed E-state index contributed by atoms with van der Waals surface area (Å²) in [6.07, 6.45) is 0. The van der Waals surface area contributed by atoms with Crippen LogP contribution in [0.3, 0.4) is 0 Å². The molecule has 9 nitrogen and oxygen atoms in total. The van der Waals surface area contributed by atoms with Gasteiger partial charge in [0.1, 0.15) is 17.2 Å². The molecule has 0 saturated heterocycles. The number of carbonyl (C=O) groups is 1. The highest BCUT2D eigenvalue weighted by Gasteiger charge is 2.48. The largest absolute Gasteiger partial charge is 0.508 e. The first kappa shape index (κ1) is 23.8. The van der Waals surface area contributed by atoms with Crippen molar-refractivity contribution in [3.63, 3.8) is 0 Å². The van der Waals surface area contributed by atoms with Crippen LogP contribution in [0.25, 0.3) is 0 Å². The lowest BCUT2D eigenvalue weighted by Gasteiger charge is -2.24. The van der Waals surface area contributed by atoms with Gasteiger partial charge < -0.3 is 38.6 Å². The zero-order valence-electron chi connectivity index (χ0n) is 20.0. The molecule has 3 aromatic carbocycles. The normalized spacial score (nSPS) is 21.8. The van der Waals surface area contributed by atoms with E-state index in [1.165, 1.54) is 14.2 Å². The van der Waals surface area contributed by atoms with Crippen molar-refractivity contribution in [2.24, 2.45) is 5.92 Å². The second-order valence-electron chi connectivity index (χ2n) is 8.55. The van der Waals surface area contributed by atoms with Crippen molar-refractivity contribution in [3.8, 4) is 28.7 Å². The van der Waals surface area contributed by atoms with Gasteiger partial charge in [0.05, 0.1) is 13.0 Å². The molecule has 0 bridgehead atoms. The van der Waals surface area contributed by atoms with Gasteiger partial charge in [0, 0.05) is 37.7 Å². The van der Waals surface area contributed by atoms with Crippen LogP contribution in [0.5, 0.6) is 28.7 Å². The van der Waals surface area contributed by atoms with Crippen LogP contribution in [0.4, 0.5) is 0 Å². The topological polar surface area (TPSA) is 113 Å². The van der Waals surface area contributed by atoms with Crippen LogP contribution >= 0.6 is 0 Å². The van der Waals surface area contributed by atoms with E-state index in [0.29, 0.717) is 34.1 Å². The van der Waals surface area contributed by atoms with E-state index in [4.69, 9.17) is 28.4 Å². The van der Waals surface area contributed by atoms with Crippen LogP contribution < -0.4 is 18.9 Å². The second-order valence-corrected chi connectivity index (χ2v) is 8.55. The molecule has 0 amide bonds. The molecule has 2 aliphatic rings. The lowest BCUT2D eigenvalue weighted by atomic mass is 9.79. The zero-order chi connectivity index (χ0) is 25.4. The van der Waals surface area contributed by atoms with Gasteiger partial charge in [-0.15, -0.1) is 0 Å². The Morgan fingerprint density at radius 1 is 0.889 bits per heavy atom. The zero-order valence-corrected chi connectivity index (χ0v) is 20.0. The van der Waals surface area contributed by atoms with Crippen LogP contribution in [-0.2, 0) is 14.3 Å². The number of carboxylic acid groups (broad SMARTS) is 1. The van der Waals surface area contributed by atoms with Gasteiger partial charge in [-0.1, -0.05) is 18.2 Å². The van der Waals surface area contributed by atoms with Crippen LogP contribution in [0.1, 0.15) is 34.1 Å². The van der Waals surface area contributed by atoms with Crippen molar-refractivity contribution < 1.29 is 43.4 Å². The van der Waals surface area contributed by atoms with E-state index in [9.17, 15) is 15.0 Å². The molecule has 2 N–H and O–H groups in total. The van der Waals surface area contributed by atoms with Crippen molar-refractivity contribution in [1.82, 2.24) is 0 Å². The average Bonchev–Trinajstić information content (AvgIpc) is 3.45. The van der Waals surface area contributed by atoms with Crippen molar-refractivity contribution in [2.45, 2.75) is 18.3 Å². The van der Waals surface area contributed by atoms with Gasteiger partial charge in [-0.3, -0.25) is 4.79 Å². The summed E-state index contributed by atoms with van der Waals surface area (Å²) in [6.45, 7) is -0.880. The molecule has 0 radical (unpaired) electrons. The van der Waals surface area contributed by atoms with Gasteiger partial charge in [-0.05, 0) is 47.0 Å². The molecular weight excluding hydrogens is 468 g/mol. The number of aromatic hydroxyl groups is 1. The van der Waals surface area contributed by atoms with E-state index in [2.05, 4.69) is 0 Å². The highest BCUT2D eigenvalue weighted by atomic mass is 16.9.